The topological polar surface area (TPSA) is 37.4 Å². The molecule has 102 valence electrons. The highest BCUT2D eigenvalue weighted by Crippen LogP contribution is 2.50. The van der Waals surface area contributed by atoms with Crippen molar-refractivity contribution in [1.29, 1.82) is 0 Å². The fourth-order valence-electron chi connectivity index (χ4n) is 4.60. The maximum Gasteiger partial charge on any atom is 0.243 e. The van der Waals surface area contributed by atoms with Crippen molar-refractivity contribution >= 4 is 10.0 Å². The van der Waals surface area contributed by atoms with Crippen molar-refractivity contribution in [2.45, 2.75) is 49.1 Å². The number of rotatable bonds is 2. The van der Waals surface area contributed by atoms with Gasteiger partial charge in [0.25, 0.3) is 0 Å². The highest BCUT2D eigenvalue weighted by Gasteiger charge is 2.51. The Bertz CT molecular complexity index is 553. The van der Waals surface area contributed by atoms with Crippen molar-refractivity contribution in [3.63, 3.8) is 0 Å². The second-order valence-electron chi connectivity index (χ2n) is 6.37. The molecule has 2 saturated heterocycles. The van der Waals surface area contributed by atoms with Crippen LogP contribution in [0.3, 0.4) is 0 Å². The molecule has 0 spiro atoms. The Hall–Kier alpha value is -0.870. The van der Waals surface area contributed by atoms with Gasteiger partial charge in [0.15, 0.2) is 0 Å². The third kappa shape index (κ3) is 1.77. The van der Waals surface area contributed by atoms with E-state index in [-0.39, 0.29) is 12.1 Å². The number of hydrogen-bond acceptors (Lipinski definition) is 2. The Morgan fingerprint density at radius 1 is 0.842 bits per heavy atom. The summed E-state index contributed by atoms with van der Waals surface area (Å²) in [5.74, 6) is 1.56. The monoisotopic (exact) mass is 277 g/mol. The van der Waals surface area contributed by atoms with Crippen LogP contribution < -0.4 is 0 Å². The Labute approximate surface area is 114 Å². The van der Waals surface area contributed by atoms with E-state index in [1.807, 2.05) is 22.5 Å². The summed E-state index contributed by atoms with van der Waals surface area (Å²) in [4.78, 5) is 0.461. The zero-order valence-electron chi connectivity index (χ0n) is 10.9. The summed E-state index contributed by atoms with van der Waals surface area (Å²) in [5.41, 5.74) is 0. The van der Waals surface area contributed by atoms with Gasteiger partial charge in [-0.2, -0.15) is 4.31 Å². The zero-order chi connectivity index (χ0) is 13.0. The Morgan fingerprint density at radius 2 is 1.37 bits per heavy atom. The first-order valence-corrected chi connectivity index (χ1v) is 8.67. The first kappa shape index (κ1) is 11.9. The molecule has 0 amide bonds. The molecule has 19 heavy (non-hydrogen) atoms. The smallest absolute Gasteiger partial charge is 0.207 e. The van der Waals surface area contributed by atoms with Crippen molar-refractivity contribution in [3.05, 3.63) is 30.3 Å². The molecule has 0 radical (unpaired) electrons. The molecular formula is C15H19NO2S. The lowest BCUT2D eigenvalue weighted by molar-refractivity contribution is -0.00706. The van der Waals surface area contributed by atoms with Gasteiger partial charge >= 0.3 is 0 Å². The maximum absolute atomic E-state index is 12.8. The van der Waals surface area contributed by atoms with Crippen LogP contribution >= 0.6 is 0 Å². The summed E-state index contributed by atoms with van der Waals surface area (Å²) >= 11 is 0. The lowest BCUT2D eigenvalue weighted by atomic mass is 9.65. The second-order valence-corrected chi connectivity index (χ2v) is 8.21. The van der Waals surface area contributed by atoms with Gasteiger partial charge in [0.2, 0.25) is 10.0 Å². The molecule has 1 aromatic carbocycles. The van der Waals surface area contributed by atoms with Gasteiger partial charge in [-0.05, 0) is 56.1 Å². The van der Waals surface area contributed by atoms with Crippen molar-refractivity contribution in [2.24, 2.45) is 11.8 Å². The van der Waals surface area contributed by atoms with E-state index in [1.165, 1.54) is 6.42 Å². The molecule has 2 aliphatic heterocycles. The molecule has 0 atom stereocenters. The summed E-state index contributed by atoms with van der Waals surface area (Å²) in [6, 6.07) is 9.46. The minimum Gasteiger partial charge on any atom is -0.207 e. The van der Waals surface area contributed by atoms with Crippen LogP contribution in [0.25, 0.3) is 0 Å². The first-order valence-electron chi connectivity index (χ1n) is 7.23. The van der Waals surface area contributed by atoms with Gasteiger partial charge in [-0.1, -0.05) is 18.2 Å². The molecule has 4 bridgehead atoms. The minimum atomic E-state index is -3.29. The molecule has 2 saturated carbocycles. The van der Waals surface area contributed by atoms with Crippen LogP contribution in [0.4, 0.5) is 0 Å². The second kappa shape index (κ2) is 4.06. The van der Waals surface area contributed by atoms with E-state index in [1.54, 1.807) is 12.1 Å². The third-order valence-electron chi connectivity index (χ3n) is 5.13. The molecule has 0 unspecified atom stereocenters. The highest BCUT2D eigenvalue weighted by atomic mass is 32.2. The summed E-state index contributed by atoms with van der Waals surface area (Å²) in [7, 11) is -3.29. The predicted octanol–water partition coefficient (Wildman–Crippen LogP) is 2.64. The van der Waals surface area contributed by atoms with Gasteiger partial charge in [0.05, 0.1) is 4.90 Å². The fraction of sp³-hybridized carbons (Fsp3) is 0.600. The van der Waals surface area contributed by atoms with Gasteiger partial charge in [-0.15, -0.1) is 0 Å². The standard InChI is InChI=1S/C15H19NO2S/c17-19(18,15-4-2-1-3-5-15)16-13-7-11-6-12(9-13)10-14(16)8-11/h1-5,11-14H,6-10H2. The molecule has 2 heterocycles. The van der Waals surface area contributed by atoms with Gasteiger partial charge in [0, 0.05) is 12.1 Å². The SMILES string of the molecule is O=S(=O)(c1ccccc1)N1C2CC3CC(C2)CC1C3. The molecule has 4 heteroatoms. The molecular weight excluding hydrogens is 258 g/mol. The molecule has 0 aromatic heterocycles. The molecule has 0 N–H and O–H groups in total. The summed E-state index contributed by atoms with van der Waals surface area (Å²) in [5, 5.41) is 0. The lowest BCUT2D eigenvalue weighted by Gasteiger charge is -2.55. The molecule has 1 aromatic rings. The van der Waals surface area contributed by atoms with Crippen LogP contribution in [0.1, 0.15) is 32.1 Å². The van der Waals surface area contributed by atoms with Crippen molar-refractivity contribution in [3.8, 4) is 0 Å². The number of benzene rings is 1. The largest absolute Gasteiger partial charge is 0.243 e. The summed E-state index contributed by atoms with van der Waals surface area (Å²) < 4.78 is 27.6. The predicted molar refractivity (Wildman–Crippen MR) is 73.1 cm³/mol. The molecule has 2 aliphatic carbocycles. The van der Waals surface area contributed by atoms with Crippen LogP contribution in [-0.4, -0.2) is 24.8 Å². The van der Waals surface area contributed by atoms with E-state index in [4.69, 9.17) is 0 Å². The van der Waals surface area contributed by atoms with Crippen LogP contribution in [0, 0.1) is 11.8 Å². The zero-order valence-corrected chi connectivity index (χ0v) is 11.7. The molecule has 4 fully saturated rings. The quantitative estimate of drug-likeness (QED) is 0.833. The first-order chi connectivity index (χ1) is 9.14. The summed E-state index contributed by atoms with van der Waals surface area (Å²) in [6.07, 6.45) is 5.67. The maximum atomic E-state index is 12.8. The van der Waals surface area contributed by atoms with Crippen LogP contribution in [0.2, 0.25) is 0 Å². The van der Waals surface area contributed by atoms with E-state index in [9.17, 15) is 8.42 Å². The average molecular weight is 277 g/mol. The Balaban J connectivity index is 1.73. The number of hydrogen-bond donors (Lipinski definition) is 0. The Morgan fingerprint density at radius 3 is 1.89 bits per heavy atom. The lowest BCUT2D eigenvalue weighted by Crippen LogP contribution is -2.59. The minimum absolute atomic E-state index is 0.265. The van der Waals surface area contributed by atoms with Gasteiger partial charge in [0.1, 0.15) is 0 Å². The van der Waals surface area contributed by atoms with Crippen LogP contribution in [-0.2, 0) is 10.0 Å². The van der Waals surface area contributed by atoms with Crippen molar-refractivity contribution in [2.75, 3.05) is 0 Å². The van der Waals surface area contributed by atoms with E-state index in [0.717, 1.165) is 37.5 Å². The Kier molecular flexibility index (Phi) is 2.55. The molecule has 4 aliphatic rings. The number of sulfonamides is 1. The summed E-state index contributed by atoms with van der Waals surface area (Å²) in [6.45, 7) is 0. The van der Waals surface area contributed by atoms with Gasteiger partial charge in [-0.3, -0.25) is 0 Å². The average Bonchev–Trinajstić information content (AvgIpc) is 2.38. The van der Waals surface area contributed by atoms with Crippen molar-refractivity contribution < 1.29 is 8.42 Å². The van der Waals surface area contributed by atoms with E-state index < -0.39 is 10.0 Å². The van der Waals surface area contributed by atoms with Crippen LogP contribution in [0.5, 0.6) is 0 Å². The number of nitrogens with zero attached hydrogens (tertiary/aromatic N) is 1. The van der Waals surface area contributed by atoms with Crippen LogP contribution in [0.15, 0.2) is 35.2 Å². The third-order valence-corrected chi connectivity index (χ3v) is 7.15. The highest BCUT2D eigenvalue weighted by molar-refractivity contribution is 7.89. The van der Waals surface area contributed by atoms with Gasteiger partial charge in [-0.25, -0.2) is 8.42 Å². The molecule has 5 rings (SSSR count). The van der Waals surface area contributed by atoms with E-state index >= 15 is 0 Å². The van der Waals surface area contributed by atoms with E-state index in [0.29, 0.717) is 4.90 Å². The normalized spacial score (nSPS) is 37.7. The van der Waals surface area contributed by atoms with Gasteiger partial charge < -0.3 is 0 Å². The van der Waals surface area contributed by atoms with E-state index in [2.05, 4.69) is 0 Å². The molecule has 3 nitrogen and oxygen atoms in total. The number of piperidine rings is 2. The fourth-order valence-corrected chi connectivity index (χ4v) is 6.47. The van der Waals surface area contributed by atoms with Crippen molar-refractivity contribution in [1.82, 2.24) is 4.31 Å².